The summed E-state index contributed by atoms with van der Waals surface area (Å²) in [4.78, 5) is 25.5. The van der Waals surface area contributed by atoms with Crippen molar-refractivity contribution in [2.24, 2.45) is 13.0 Å². The van der Waals surface area contributed by atoms with Gasteiger partial charge >= 0.3 is 11.9 Å². The van der Waals surface area contributed by atoms with Crippen LogP contribution in [0, 0.1) is 25.0 Å². The molecule has 1 aliphatic heterocycles. The van der Waals surface area contributed by atoms with Gasteiger partial charge in [0.05, 0.1) is 12.1 Å². The van der Waals surface area contributed by atoms with Crippen molar-refractivity contribution in [1.29, 1.82) is 0 Å². The Morgan fingerprint density at radius 1 is 1.25 bits per heavy atom. The van der Waals surface area contributed by atoms with Gasteiger partial charge in [0.25, 0.3) is 11.6 Å². The van der Waals surface area contributed by atoms with E-state index < -0.39 is 29.6 Å². The first-order chi connectivity index (χ1) is 12.9. The molecule has 2 heterocycles. The molecule has 1 fully saturated rings. The van der Waals surface area contributed by atoms with Crippen LogP contribution in [-0.4, -0.2) is 27.4 Å². The van der Waals surface area contributed by atoms with Gasteiger partial charge in [-0.1, -0.05) is 17.7 Å². The number of rotatable bonds is 3. The fourth-order valence-electron chi connectivity index (χ4n) is 3.41. The van der Waals surface area contributed by atoms with E-state index in [4.69, 9.17) is 21.1 Å². The number of halogens is 1. The molecule has 28 heavy (non-hydrogen) atoms. The van der Waals surface area contributed by atoms with E-state index in [1.165, 1.54) is 32.0 Å². The van der Waals surface area contributed by atoms with Crippen LogP contribution in [0.1, 0.15) is 42.5 Å². The van der Waals surface area contributed by atoms with E-state index in [-0.39, 0.29) is 16.6 Å². The van der Waals surface area contributed by atoms with Crippen LogP contribution in [0.5, 0.6) is 5.75 Å². The molecule has 0 unspecified atom stereocenters. The van der Waals surface area contributed by atoms with Gasteiger partial charge in [0.2, 0.25) is 0 Å². The molecule has 0 bridgehead atoms. The van der Waals surface area contributed by atoms with Gasteiger partial charge in [-0.05, 0) is 17.7 Å². The van der Waals surface area contributed by atoms with Crippen LogP contribution in [0.15, 0.2) is 18.2 Å². The molecule has 3 rings (SSSR count). The predicted octanol–water partition coefficient (Wildman–Crippen LogP) is 2.22. The molecule has 1 atom stereocenters. The van der Waals surface area contributed by atoms with Gasteiger partial charge in [0, 0.05) is 27.7 Å². The Balaban J connectivity index is 2.24. The van der Waals surface area contributed by atoms with Crippen molar-refractivity contribution in [2.75, 3.05) is 0 Å². The highest BCUT2D eigenvalue weighted by Crippen LogP contribution is 2.39. The number of aromatic hydroxyl groups is 1. The van der Waals surface area contributed by atoms with Crippen molar-refractivity contribution in [3.63, 3.8) is 0 Å². The van der Waals surface area contributed by atoms with Gasteiger partial charge in [0.15, 0.2) is 5.92 Å². The second kappa shape index (κ2) is 6.70. The fraction of sp³-hybridized carbons (Fsp3) is 0.421. The number of aromatic nitrogens is 2. The van der Waals surface area contributed by atoms with Crippen LogP contribution in [-0.2, 0) is 26.1 Å². The summed E-state index contributed by atoms with van der Waals surface area (Å²) in [7, 11) is 1.67. The molecule has 1 aliphatic rings. The maximum absolute atomic E-state index is 12.9. The van der Waals surface area contributed by atoms with Gasteiger partial charge in [-0.15, -0.1) is 0 Å². The standard InChI is InChI=1S/C19H21ClN2O6/c1-9-10(2)22(26)16(21(9)5)14(11-6-7-13(23)12(20)8-11)15-17(24)27-19(3,4)28-18(15)25/h6-8,14-15,23H,1-5H3/t14-/m0/s1. The van der Waals surface area contributed by atoms with Crippen LogP contribution in [0.25, 0.3) is 0 Å². The molecule has 1 aromatic carbocycles. The number of benzene rings is 1. The minimum atomic E-state index is -1.40. The molecule has 0 aliphatic carbocycles. The molecule has 0 amide bonds. The summed E-state index contributed by atoms with van der Waals surface area (Å²) in [5.74, 6) is -5.41. The minimum Gasteiger partial charge on any atom is -0.711 e. The molecule has 1 aromatic heterocycles. The summed E-state index contributed by atoms with van der Waals surface area (Å²) in [6.07, 6.45) is 0. The lowest BCUT2D eigenvalue weighted by atomic mass is 9.84. The van der Waals surface area contributed by atoms with Gasteiger partial charge in [-0.25, -0.2) is 9.30 Å². The summed E-state index contributed by atoms with van der Waals surface area (Å²) in [6, 6.07) is 4.26. The Hall–Kier alpha value is -2.74. The average Bonchev–Trinajstić information content (AvgIpc) is 2.77. The zero-order chi connectivity index (χ0) is 21.0. The lowest BCUT2D eigenvalue weighted by Crippen LogP contribution is -2.50. The van der Waals surface area contributed by atoms with E-state index in [1.54, 1.807) is 25.5 Å². The van der Waals surface area contributed by atoms with Crippen LogP contribution < -0.4 is 4.73 Å². The van der Waals surface area contributed by atoms with E-state index in [1.807, 2.05) is 0 Å². The maximum atomic E-state index is 12.9. The molecule has 0 spiro atoms. The third kappa shape index (κ3) is 3.17. The Morgan fingerprint density at radius 2 is 1.82 bits per heavy atom. The molecule has 150 valence electrons. The van der Waals surface area contributed by atoms with Crippen LogP contribution in [0.4, 0.5) is 0 Å². The molecule has 0 radical (unpaired) electrons. The topological polar surface area (TPSA) is 105 Å². The first-order valence-corrected chi connectivity index (χ1v) is 9.02. The van der Waals surface area contributed by atoms with Crippen LogP contribution in [0.2, 0.25) is 5.02 Å². The van der Waals surface area contributed by atoms with Crippen molar-refractivity contribution in [3.8, 4) is 5.75 Å². The number of phenolic OH excluding ortho intramolecular Hbond substituents is 1. The Morgan fingerprint density at radius 3 is 2.29 bits per heavy atom. The quantitative estimate of drug-likeness (QED) is 0.361. The third-order valence-corrected chi connectivity index (χ3v) is 5.33. The molecular weight excluding hydrogens is 388 g/mol. The fourth-order valence-corrected chi connectivity index (χ4v) is 3.60. The van der Waals surface area contributed by atoms with Gasteiger partial charge in [-0.3, -0.25) is 9.59 Å². The monoisotopic (exact) mass is 408 g/mol. The molecule has 8 nitrogen and oxygen atoms in total. The van der Waals surface area contributed by atoms with Gasteiger partial charge in [0.1, 0.15) is 23.1 Å². The van der Waals surface area contributed by atoms with Gasteiger partial charge in [-0.2, -0.15) is 0 Å². The number of carbonyl (C=O) groups excluding carboxylic acids is 2. The number of ether oxygens (including phenoxy) is 2. The number of nitrogens with zero attached hydrogens (tertiary/aromatic N) is 2. The second-order valence-corrected chi connectivity index (χ2v) is 7.70. The van der Waals surface area contributed by atoms with Crippen LogP contribution >= 0.6 is 11.6 Å². The van der Waals surface area contributed by atoms with Crippen molar-refractivity contribution in [2.45, 2.75) is 39.4 Å². The van der Waals surface area contributed by atoms with E-state index in [9.17, 15) is 19.9 Å². The number of cyclic esters (lactones) is 2. The lowest BCUT2D eigenvalue weighted by Gasteiger charge is -2.35. The summed E-state index contributed by atoms with van der Waals surface area (Å²) >= 11 is 6.04. The van der Waals surface area contributed by atoms with E-state index >= 15 is 0 Å². The normalized spacial score (nSPS) is 17.9. The number of esters is 2. The molecule has 2 aromatic rings. The molecule has 0 saturated carbocycles. The number of hydrogen-bond donors (Lipinski definition) is 1. The Labute approximate surface area is 166 Å². The largest absolute Gasteiger partial charge is 0.711 e. The predicted molar refractivity (Wildman–Crippen MR) is 98.6 cm³/mol. The number of phenols is 1. The first kappa shape index (κ1) is 20.0. The molecule has 1 saturated heterocycles. The lowest BCUT2D eigenvalue weighted by molar-refractivity contribution is -0.621. The smallest absolute Gasteiger partial charge is 0.324 e. The summed E-state index contributed by atoms with van der Waals surface area (Å²) in [6.45, 7) is 6.31. The third-order valence-electron chi connectivity index (χ3n) is 5.03. The summed E-state index contributed by atoms with van der Waals surface area (Å²) in [5.41, 5.74) is 1.51. The molecular formula is C19H21ClN2O6. The zero-order valence-electron chi connectivity index (χ0n) is 16.1. The van der Waals surface area contributed by atoms with E-state index in [0.29, 0.717) is 21.7 Å². The van der Waals surface area contributed by atoms with Crippen molar-refractivity contribution >= 4 is 23.5 Å². The average molecular weight is 409 g/mol. The Kier molecular flexibility index (Phi) is 4.79. The van der Waals surface area contributed by atoms with Crippen molar-refractivity contribution < 1.29 is 28.9 Å². The number of carbonyl (C=O) groups is 2. The Bertz CT molecular complexity index is 936. The summed E-state index contributed by atoms with van der Waals surface area (Å²) < 4.78 is 12.8. The van der Waals surface area contributed by atoms with Crippen molar-refractivity contribution in [1.82, 2.24) is 4.57 Å². The number of hydrogen-bond acceptors (Lipinski definition) is 6. The maximum Gasteiger partial charge on any atom is 0.324 e. The SMILES string of the molecule is Cc1c(C)[n+]([O-])c([C@@H](c2ccc(O)c(Cl)c2)C2C(=O)OC(C)(C)OC2=O)n1C. The highest BCUT2D eigenvalue weighted by atomic mass is 35.5. The first-order valence-electron chi connectivity index (χ1n) is 8.64. The number of imidazole rings is 1. The van der Waals surface area contributed by atoms with Gasteiger partial charge < -0.3 is 19.8 Å². The van der Waals surface area contributed by atoms with E-state index in [2.05, 4.69) is 0 Å². The minimum absolute atomic E-state index is 0.0282. The molecule has 1 N–H and O–H groups in total. The highest BCUT2D eigenvalue weighted by Gasteiger charge is 2.51. The van der Waals surface area contributed by atoms with Crippen molar-refractivity contribution in [3.05, 3.63) is 51.2 Å². The summed E-state index contributed by atoms with van der Waals surface area (Å²) in [5, 5.41) is 22.6. The molecule has 9 heteroatoms. The highest BCUT2D eigenvalue weighted by molar-refractivity contribution is 6.32. The second-order valence-electron chi connectivity index (χ2n) is 7.29. The van der Waals surface area contributed by atoms with Crippen LogP contribution in [0.3, 0.4) is 0 Å². The zero-order valence-corrected chi connectivity index (χ0v) is 16.9. The van der Waals surface area contributed by atoms with E-state index in [0.717, 1.165) is 0 Å².